The Morgan fingerprint density at radius 2 is 1.48 bits per heavy atom. The quantitative estimate of drug-likeness (QED) is 0.181. The predicted molar refractivity (Wildman–Crippen MR) is 114 cm³/mol. The van der Waals surface area contributed by atoms with E-state index in [-0.39, 0.29) is 18.4 Å². The highest BCUT2D eigenvalue weighted by Crippen LogP contribution is 2.11. The van der Waals surface area contributed by atoms with Crippen molar-refractivity contribution in [3.05, 3.63) is 0 Å². The lowest BCUT2D eigenvalue weighted by atomic mass is 10.1. The van der Waals surface area contributed by atoms with E-state index in [1.165, 1.54) is 51.4 Å². The summed E-state index contributed by atoms with van der Waals surface area (Å²) >= 11 is 0. The average Bonchev–Trinajstić information content (AvgIpc) is 2.62. The van der Waals surface area contributed by atoms with E-state index in [0.29, 0.717) is 19.6 Å². The lowest BCUT2D eigenvalue weighted by Crippen LogP contribution is -3.11. The highest BCUT2D eigenvalue weighted by molar-refractivity contribution is 7.85. The molecule has 0 bridgehead atoms. The van der Waals surface area contributed by atoms with Crippen LogP contribution in [0.3, 0.4) is 0 Å². The minimum absolute atomic E-state index is 0.101. The summed E-state index contributed by atoms with van der Waals surface area (Å²) in [7, 11) is -2.69. The number of aliphatic hydroxyl groups is 1. The predicted octanol–water partition coefficient (Wildman–Crippen LogP) is 1.90. The van der Waals surface area contributed by atoms with Crippen LogP contribution in [0.25, 0.3) is 0 Å². The molecule has 0 fully saturated rings. The largest absolute Gasteiger partial charge is 0.748 e. The van der Waals surface area contributed by atoms with Gasteiger partial charge in [0.1, 0.15) is 18.6 Å². The molecule has 174 valence electrons. The molecule has 3 unspecified atom stereocenters. The molecule has 0 aromatic heterocycles. The monoisotopic (exact) mass is 437 g/mol. The Morgan fingerprint density at radius 3 is 1.97 bits per heavy atom. The van der Waals surface area contributed by atoms with Gasteiger partial charge in [-0.05, 0) is 12.8 Å². The number of likely N-dealkylation sites (N-methyl/N-ethyl adjacent to an activating group) is 1. The van der Waals surface area contributed by atoms with Gasteiger partial charge in [-0.2, -0.15) is 0 Å². The summed E-state index contributed by atoms with van der Waals surface area (Å²) in [5, 5.41) is 9.68. The third-order valence-corrected chi connectivity index (χ3v) is 5.94. The van der Waals surface area contributed by atoms with Crippen molar-refractivity contribution >= 4 is 16.1 Å². The topological polar surface area (TPSA) is 108 Å². The van der Waals surface area contributed by atoms with Gasteiger partial charge in [0.25, 0.3) is 0 Å². The Kier molecular flexibility index (Phi) is 16.6. The lowest BCUT2D eigenvalue weighted by molar-refractivity contribution is -0.885. The molecular formula is C21H43NO6S. The van der Waals surface area contributed by atoms with E-state index >= 15 is 0 Å². The Morgan fingerprint density at radius 1 is 0.966 bits per heavy atom. The van der Waals surface area contributed by atoms with Crippen molar-refractivity contribution in [2.75, 3.05) is 32.5 Å². The highest BCUT2D eigenvalue weighted by atomic mass is 32.2. The first-order valence-corrected chi connectivity index (χ1v) is 12.9. The summed E-state index contributed by atoms with van der Waals surface area (Å²) < 4.78 is 37.5. The van der Waals surface area contributed by atoms with Crippen LogP contribution in [-0.2, 0) is 19.6 Å². The van der Waals surface area contributed by atoms with Crippen LogP contribution >= 0.6 is 0 Å². The molecule has 29 heavy (non-hydrogen) atoms. The number of ether oxygens (including phenoxy) is 1. The summed E-state index contributed by atoms with van der Waals surface area (Å²) in [6.45, 7) is 5.10. The van der Waals surface area contributed by atoms with Crippen molar-refractivity contribution in [1.29, 1.82) is 0 Å². The van der Waals surface area contributed by atoms with Crippen LogP contribution in [-0.4, -0.2) is 62.6 Å². The molecule has 3 atom stereocenters. The number of hydrogen-bond acceptors (Lipinski definition) is 6. The lowest BCUT2D eigenvalue weighted by Gasteiger charge is -2.22. The molecule has 0 heterocycles. The van der Waals surface area contributed by atoms with Crippen LogP contribution in [0.15, 0.2) is 0 Å². The van der Waals surface area contributed by atoms with Crippen molar-refractivity contribution < 1.29 is 32.5 Å². The molecule has 0 radical (unpaired) electrons. The summed E-state index contributed by atoms with van der Waals surface area (Å²) in [5.41, 5.74) is 0. The van der Waals surface area contributed by atoms with Gasteiger partial charge >= 0.3 is 5.97 Å². The van der Waals surface area contributed by atoms with Crippen LogP contribution < -0.4 is 4.90 Å². The van der Waals surface area contributed by atoms with E-state index in [4.69, 9.17) is 4.74 Å². The number of nitrogens with one attached hydrogen (secondary N) is 1. The maximum atomic E-state index is 12.2. The minimum atomic E-state index is -4.45. The smallest absolute Gasteiger partial charge is 0.314 e. The number of hydrogen-bond donors (Lipinski definition) is 2. The summed E-state index contributed by atoms with van der Waals surface area (Å²) in [6.07, 6.45) is 11.7. The van der Waals surface area contributed by atoms with Crippen LogP contribution in [0.4, 0.5) is 0 Å². The van der Waals surface area contributed by atoms with Crippen molar-refractivity contribution in [3.8, 4) is 0 Å². The molecule has 0 amide bonds. The van der Waals surface area contributed by atoms with E-state index in [1.807, 2.05) is 6.92 Å². The summed E-state index contributed by atoms with van der Waals surface area (Å²) in [5.74, 6) is -1.34. The fourth-order valence-corrected chi connectivity index (χ4v) is 4.06. The van der Waals surface area contributed by atoms with Gasteiger partial charge in [0, 0.05) is 0 Å². The first-order valence-electron chi connectivity index (χ1n) is 11.3. The third kappa shape index (κ3) is 17.8. The van der Waals surface area contributed by atoms with Gasteiger partial charge in [-0.15, -0.1) is 0 Å². The first kappa shape index (κ1) is 28.3. The number of quaternary nitrogens is 1. The molecular weight excluding hydrogens is 394 g/mol. The SMILES string of the molecule is CCCCCCCCCCCCOC(=O)C(CC)C[NH+](C)CC(O)CS(=O)(=O)[O-]. The third-order valence-electron chi connectivity index (χ3n) is 5.14. The average molecular weight is 438 g/mol. The number of esters is 1. The molecule has 8 heteroatoms. The highest BCUT2D eigenvalue weighted by Gasteiger charge is 2.24. The fraction of sp³-hybridized carbons (Fsp3) is 0.952. The van der Waals surface area contributed by atoms with Crippen LogP contribution in [0.1, 0.15) is 84.5 Å². The second-order valence-electron chi connectivity index (χ2n) is 8.20. The van der Waals surface area contributed by atoms with Crippen molar-refractivity contribution in [1.82, 2.24) is 0 Å². The van der Waals surface area contributed by atoms with Gasteiger partial charge in [0.05, 0.1) is 36.1 Å². The summed E-state index contributed by atoms with van der Waals surface area (Å²) in [4.78, 5) is 13.0. The molecule has 0 aliphatic heterocycles. The Hall–Kier alpha value is -0.700. The summed E-state index contributed by atoms with van der Waals surface area (Å²) in [6, 6.07) is 0. The van der Waals surface area contributed by atoms with Gasteiger partial charge in [0.15, 0.2) is 0 Å². The number of unbranched alkanes of at least 4 members (excludes halogenated alkanes) is 9. The normalized spacial score (nSPS) is 15.1. The van der Waals surface area contributed by atoms with Gasteiger partial charge in [-0.3, -0.25) is 4.79 Å². The molecule has 0 aliphatic carbocycles. The molecule has 0 spiro atoms. The Bertz CT molecular complexity index is 511. The van der Waals surface area contributed by atoms with Crippen LogP contribution in [0.5, 0.6) is 0 Å². The molecule has 0 aromatic carbocycles. The number of carbonyl (C=O) groups is 1. The second kappa shape index (κ2) is 17.0. The van der Waals surface area contributed by atoms with Crippen molar-refractivity contribution in [2.45, 2.75) is 90.6 Å². The zero-order chi connectivity index (χ0) is 22.1. The molecule has 0 aromatic rings. The van der Waals surface area contributed by atoms with E-state index in [1.54, 1.807) is 7.05 Å². The molecule has 0 saturated carbocycles. The van der Waals surface area contributed by atoms with Gasteiger partial charge in [-0.25, -0.2) is 8.42 Å². The molecule has 0 aliphatic rings. The Labute approximate surface area is 177 Å². The van der Waals surface area contributed by atoms with Gasteiger partial charge in [-0.1, -0.05) is 71.6 Å². The molecule has 2 N–H and O–H groups in total. The minimum Gasteiger partial charge on any atom is -0.748 e. The molecule has 7 nitrogen and oxygen atoms in total. The molecule has 0 saturated heterocycles. The number of carbonyl (C=O) groups excluding carboxylic acids is 1. The van der Waals surface area contributed by atoms with Crippen molar-refractivity contribution in [2.24, 2.45) is 5.92 Å². The van der Waals surface area contributed by atoms with Gasteiger partial charge < -0.3 is 19.3 Å². The zero-order valence-corrected chi connectivity index (χ0v) is 19.5. The van der Waals surface area contributed by atoms with E-state index in [2.05, 4.69) is 6.92 Å². The van der Waals surface area contributed by atoms with Crippen molar-refractivity contribution in [3.63, 3.8) is 0 Å². The van der Waals surface area contributed by atoms with E-state index in [9.17, 15) is 22.9 Å². The maximum Gasteiger partial charge on any atom is 0.314 e. The Balaban J connectivity index is 3.86. The van der Waals surface area contributed by atoms with Crippen LogP contribution in [0.2, 0.25) is 0 Å². The number of rotatable bonds is 19. The van der Waals surface area contributed by atoms with Gasteiger partial charge in [0.2, 0.25) is 0 Å². The van der Waals surface area contributed by atoms with E-state index < -0.39 is 22.0 Å². The fourth-order valence-electron chi connectivity index (χ4n) is 3.48. The number of aliphatic hydroxyl groups excluding tert-OH is 1. The van der Waals surface area contributed by atoms with Crippen LogP contribution in [0, 0.1) is 5.92 Å². The maximum absolute atomic E-state index is 12.2. The van der Waals surface area contributed by atoms with E-state index in [0.717, 1.165) is 17.7 Å². The standard InChI is InChI=1S/C21H43NO6S/c1-4-6-7-8-9-10-11-12-13-14-15-28-21(24)19(5-2)16-22(3)17-20(23)18-29(25,26)27/h19-20,23H,4-18H2,1-3H3,(H,25,26,27). The first-order chi connectivity index (χ1) is 13.7. The zero-order valence-electron chi connectivity index (χ0n) is 18.7. The molecule has 0 rings (SSSR count). The second-order valence-corrected chi connectivity index (χ2v) is 9.65.